The molecule has 0 bridgehead atoms. The van der Waals surface area contributed by atoms with E-state index in [1.807, 2.05) is 16.8 Å². The van der Waals surface area contributed by atoms with Gasteiger partial charge in [0.25, 0.3) is 0 Å². The number of rotatable bonds is 3. The van der Waals surface area contributed by atoms with E-state index in [9.17, 15) is 4.79 Å². The van der Waals surface area contributed by atoms with Crippen LogP contribution in [0.4, 0.5) is 4.79 Å². The van der Waals surface area contributed by atoms with Gasteiger partial charge < -0.3 is 15.0 Å². The Morgan fingerprint density at radius 2 is 2.14 bits per heavy atom. The molecule has 1 N–H and O–H groups in total. The van der Waals surface area contributed by atoms with Crippen molar-refractivity contribution in [2.24, 2.45) is 0 Å². The third-order valence-corrected chi connectivity index (χ3v) is 3.96. The number of hydrogen-bond donors (Lipinski definition) is 1. The molecule has 0 aromatic carbocycles. The number of carbonyl (C=O) groups excluding carboxylic acids is 1. The summed E-state index contributed by atoms with van der Waals surface area (Å²) in [6, 6.07) is 1.92. The predicted molar refractivity (Wildman–Crippen MR) is 80.0 cm³/mol. The van der Waals surface area contributed by atoms with Crippen molar-refractivity contribution in [3.63, 3.8) is 0 Å². The topological polar surface area (TPSA) is 67.4 Å². The number of carbonyl (C=O) groups is 1. The lowest BCUT2D eigenvalue weighted by molar-refractivity contribution is 0.0531. The van der Waals surface area contributed by atoms with Crippen LogP contribution in [-0.2, 0) is 11.3 Å². The molecule has 1 aliphatic rings. The Kier molecular flexibility index (Phi) is 4.42. The molecule has 6 nitrogen and oxygen atoms in total. The second-order valence-corrected chi connectivity index (χ2v) is 5.40. The Bertz CT molecular complexity index is 597. The van der Waals surface area contributed by atoms with Gasteiger partial charge >= 0.3 is 6.03 Å². The molecular formula is C14H16N4O2S. The number of ether oxygens (including phenoxy) is 1. The van der Waals surface area contributed by atoms with Gasteiger partial charge in [-0.2, -0.15) is 11.3 Å². The van der Waals surface area contributed by atoms with Gasteiger partial charge in [0.1, 0.15) is 0 Å². The quantitative estimate of drug-likeness (QED) is 0.938. The SMILES string of the molecule is O=C(NCc1nccnc1-c1ccsc1)N1CCOCC1. The van der Waals surface area contributed by atoms with Crippen LogP contribution in [0.5, 0.6) is 0 Å². The van der Waals surface area contributed by atoms with Crippen molar-refractivity contribution < 1.29 is 9.53 Å². The van der Waals surface area contributed by atoms with E-state index in [4.69, 9.17) is 4.74 Å². The van der Waals surface area contributed by atoms with Crippen LogP contribution in [0.15, 0.2) is 29.2 Å². The average molecular weight is 304 g/mol. The van der Waals surface area contributed by atoms with Crippen molar-refractivity contribution in [2.45, 2.75) is 6.54 Å². The first kappa shape index (κ1) is 14.0. The van der Waals surface area contributed by atoms with Gasteiger partial charge in [-0.05, 0) is 11.4 Å². The number of morpholine rings is 1. The molecule has 2 amide bonds. The minimum absolute atomic E-state index is 0.0831. The summed E-state index contributed by atoms with van der Waals surface area (Å²) in [5.74, 6) is 0. The third kappa shape index (κ3) is 3.37. The van der Waals surface area contributed by atoms with Crippen molar-refractivity contribution in [3.05, 3.63) is 34.9 Å². The molecule has 3 heterocycles. The maximum absolute atomic E-state index is 12.1. The summed E-state index contributed by atoms with van der Waals surface area (Å²) in [6.45, 7) is 2.82. The van der Waals surface area contributed by atoms with Crippen LogP contribution >= 0.6 is 11.3 Å². The van der Waals surface area contributed by atoms with Gasteiger partial charge in [-0.25, -0.2) is 4.79 Å². The van der Waals surface area contributed by atoms with E-state index in [0.29, 0.717) is 32.8 Å². The standard InChI is InChI=1S/C14H16N4O2S/c19-14(18-4-6-20-7-5-18)17-9-12-13(16-3-2-15-12)11-1-8-21-10-11/h1-3,8,10H,4-7,9H2,(H,17,19). The molecule has 21 heavy (non-hydrogen) atoms. The van der Waals surface area contributed by atoms with Gasteiger partial charge in [-0.15, -0.1) is 0 Å². The van der Waals surface area contributed by atoms with Crippen molar-refractivity contribution in [3.8, 4) is 11.3 Å². The molecule has 0 atom stereocenters. The van der Waals surface area contributed by atoms with E-state index < -0.39 is 0 Å². The Morgan fingerprint density at radius 3 is 2.90 bits per heavy atom. The number of nitrogens with one attached hydrogen (secondary N) is 1. The number of nitrogens with zero attached hydrogens (tertiary/aromatic N) is 3. The first-order chi connectivity index (χ1) is 10.3. The third-order valence-electron chi connectivity index (χ3n) is 3.27. The van der Waals surface area contributed by atoms with E-state index >= 15 is 0 Å². The summed E-state index contributed by atoms with van der Waals surface area (Å²) in [4.78, 5) is 22.5. The van der Waals surface area contributed by atoms with Gasteiger partial charge in [0, 0.05) is 36.4 Å². The Hall–Kier alpha value is -1.99. The monoisotopic (exact) mass is 304 g/mol. The highest BCUT2D eigenvalue weighted by Crippen LogP contribution is 2.22. The summed E-state index contributed by atoms with van der Waals surface area (Å²) in [6.07, 6.45) is 3.31. The fourth-order valence-electron chi connectivity index (χ4n) is 2.17. The summed E-state index contributed by atoms with van der Waals surface area (Å²) in [5, 5.41) is 6.93. The summed E-state index contributed by atoms with van der Waals surface area (Å²) in [5.41, 5.74) is 2.63. The summed E-state index contributed by atoms with van der Waals surface area (Å²) in [7, 11) is 0. The molecule has 0 spiro atoms. The maximum Gasteiger partial charge on any atom is 0.317 e. The smallest absolute Gasteiger partial charge is 0.317 e. The molecule has 1 aliphatic heterocycles. The number of hydrogen-bond acceptors (Lipinski definition) is 5. The lowest BCUT2D eigenvalue weighted by Gasteiger charge is -2.26. The number of amides is 2. The number of urea groups is 1. The lowest BCUT2D eigenvalue weighted by atomic mass is 10.2. The largest absolute Gasteiger partial charge is 0.378 e. The van der Waals surface area contributed by atoms with Crippen LogP contribution in [0, 0.1) is 0 Å². The molecule has 3 rings (SSSR count). The molecule has 0 saturated carbocycles. The average Bonchev–Trinajstić information content (AvgIpc) is 3.08. The van der Waals surface area contributed by atoms with Gasteiger partial charge in [0.05, 0.1) is 31.1 Å². The normalized spacial score (nSPS) is 15.0. The number of aromatic nitrogens is 2. The van der Waals surface area contributed by atoms with Crippen LogP contribution in [0.25, 0.3) is 11.3 Å². The van der Waals surface area contributed by atoms with Crippen LogP contribution < -0.4 is 5.32 Å². The predicted octanol–water partition coefficient (Wildman–Crippen LogP) is 1.75. The summed E-state index contributed by atoms with van der Waals surface area (Å²) >= 11 is 1.61. The highest BCUT2D eigenvalue weighted by atomic mass is 32.1. The maximum atomic E-state index is 12.1. The zero-order valence-corrected chi connectivity index (χ0v) is 12.3. The van der Waals surface area contributed by atoms with Gasteiger partial charge in [-0.1, -0.05) is 0 Å². The van der Waals surface area contributed by atoms with Crippen molar-refractivity contribution >= 4 is 17.4 Å². The lowest BCUT2D eigenvalue weighted by Crippen LogP contribution is -2.46. The van der Waals surface area contributed by atoms with Crippen LogP contribution in [0.1, 0.15) is 5.69 Å². The molecule has 110 valence electrons. The van der Waals surface area contributed by atoms with Gasteiger partial charge in [-0.3, -0.25) is 9.97 Å². The van der Waals surface area contributed by atoms with Crippen LogP contribution in [0.2, 0.25) is 0 Å². The second-order valence-electron chi connectivity index (χ2n) is 4.62. The molecule has 1 fully saturated rings. The Morgan fingerprint density at radius 1 is 1.33 bits per heavy atom. The molecule has 0 aliphatic carbocycles. The van der Waals surface area contributed by atoms with Crippen molar-refractivity contribution in [1.82, 2.24) is 20.2 Å². The van der Waals surface area contributed by atoms with Gasteiger partial charge in [0.15, 0.2) is 0 Å². The molecule has 2 aromatic rings. The Balaban J connectivity index is 1.66. The zero-order valence-electron chi connectivity index (χ0n) is 11.5. The molecule has 7 heteroatoms. The zero-order chi connectivity index (χ0) is 14.5. The van der Waals surface area contributed by atoms with E-state index in [2.05, 4.69) is 15.3 Å². The molecule has 0 radical (unpaired) electrons. The van der Waals surface area contributed by atoms with Crippen LogP contribution in [-0.4, -0.2) is 47.2 Å². The minimum atomic E-state index is -0.0831. The molecule has 1 saturated heterocycles. The first-order valence-electron chi connectivity index (χ1n) is 6.77. The van der Waals surface area contributed by atoms with E-state index in [1.54, 1.807) is 28.6 Å². The molecule has 0 unspecified atom stereocenters. The van der Waals surface area contributed by atoms with Crippen molar-refractivity contribution in [1.29, 1.82) is 0 Å². The fourth-order valence-corrected chi connectivity index (χ4v) is 2.81. The minimum Gasteiger partial charge on any atom is -0.378 e. The molecular weight excluding hydrogens is 288 g/mol. The second kappa shape index (κ2) is 6.64. The highest BCUT2D eigenvalue weighted by molar-refractivity contribution is 7.08. The Labute approximate surface area is 126 Å². The van der Waals surface area contributed by atoms with Crippen molar-refractivity contribution in [2.75, 3.05) is 26.3 Å². The molecule has 2 aromatic heterocycles. The fraction of sp³-hybridized carbons (Fsp3) is 0.357. The van der Waals surface area contributed by atoms with E-state index in [1.165, 1.54) is 0 Å². The highest BCUT2D eigenvalue weighted by Gasteiger charge is 2.17. The summed E-state index contributed by atoms with van der Waals surface area (Å²) < 4.78 is 5.24. The first-order valence-corrected chi connectivity index (χ1v) is 7.72. The number of thiophene rings is 1. The van der Waals surface area contributed by atoms with Crippen LogP contribution in [0.3, 0.4) is 0 Å². The van der Waals surface area contributed by atoms with E-state index in [-0.39, 0.29) is 6.03 Å². The van der Waals surface area contributed by atoms with Gasteiger partial charge in [0.2, 0.25) is 0 Å². The van der Waals surface area contributed by atoms with E-state index in [0.717, 1.165) is 17.0 Å².